The lowest BCUT2D eigenvalue weighted by Crippen LogP contribution is -2.54. The predicted octanol–water partition coefficient (Wildman–Crippen LogP) is 0.175. The van der Waals surface area contributed by atoms with Crippen LogP contribution < -0.4 is 38.1 Å². The van der Waals surface area contributed by atoms with Gasteiger partial charge in [0.05, 0.1) is 0 Å². The summed E-state index contributed by atoms with van der Waals surface area (Å²) in [4.78, 5) is 18.2. The monoisotopic (exact) mass is 460 g/mol. The Balaban J connectivity index is 1.63. The lowest BCUT2D eigenvalue weighted by Gasteiger charge is -2.37. The summed E-state index contributed by atoms with van der Waals surface area (Å²) in [5.41, 5.74) is 26.9. The van der Waals surface area contributed by atoms with Gasteiger partial charge in [0, 0.05) is 61.9 Å². The van der Waals surface area contributed by atoms with Crippen molar-refractivity contribution in [2.45, 2.75) is 50.5 Å². The molecule has 10 nitrogen and oxygen atoms in total. The van der Waals surface area contributed by atoms with Gasteiger partial charge in [0.2, 0.25) is 17.8 Å². The number of nitrogens with one attached hydrogen (secondary N) is 1. The Labute approximate surface area is 193 Å². The lowest BCUT2D eigenvalue weighted by atomic mass is 10.0. The second-order valence-electron chi connectivity index (χ2n) is 8.96. The smallest absolute Gasteiger partial charge is 0.232 e. The van der Waals surface area contributed by atoms with E-state index in [-0.39, 0.29) is 24.2 Å². The number of nitrogens with zero attached hydrogens (tertiary/aromatic N) is 5. The Bertz CT molecular complexity index is 877. The fourth-order valence-electron chi connectivity index (χ4n) is 4.42. The highest BCUT2D eigenvalue weighted by Gasteiger charge is 2.28. The maximum Gasteiger partial charge on any atom is 0.232 e. The van der Waals surface area contributed by atoms with Gasteiger partial charge in [-0.3, -0.25) is 0 Å². The van der Waals surface area contributed by atoms with Crippen molar-refractivity contribution in [3.8, 4) is 0 Å². The Hall–Kier alpha value is -2.24. The van der Waals surface area contributed by atoms with Gasteiger partial charge < -0.3 is 38.1 Å². The van der Waals surface area contributed by atoms with Crippen molar-refractivity contribution >= 4 is 29.4 Å². The predicted molar refractivity (Wildman–Crippen MR) is 129 cm³/mol. The molecule has 1 aromatic carbocycles. The molecule has 0 amide bonds. The van der Waals surface area contributed by atoms with Crippen LogP contribution in [0.5, 0.6) is 0 Å². The number of nitrogens with two attached hydrogens (primary N) is 4. The summed E-state index contributed by atoms with van der Waals surface area (Å²) >= 11 is 6.27. The second kappa shape index (κ2) is 9.72. The van der Waals surface area contributed by atoms with E-state index < -0.39 is 0 Å². The molecule has 2 saturated heterocycles. The summed E-state index contributed by atoms with van der Waals surface area (Å²) in [7, 11) is 0. The fraction of sp³-hybridized carbons (Fsp3) is 0.571. The molecule has 4 rings (SSSR count). The number of halogens is 1. The number of hydrogen-bond acceptors (Lipinski definition) is 10. The molecule has 2 aliphatic rings. The first-order valence-corrected chi connectivity index (χ1v) is 11.4. The molecule has 0 spiro atoms. The molecule has 11 heteroatoms. The summed E-state index contributed by atoms with van der Waals surface area (Å²) in [6, 6.07) is 5.74. The van der Waals surface area contributed by atoms with Gasteiger partial charge in [-0.1, -0.05) is 23.7 Å². The Morgan fingerprint density at radius 3 is 1.88 bits per heavy atom. The Morgan fingerprint density at radius 2 is 1.38 bits per heavy atom. The third kappa shape index (κ3) is 5.38. The van der Waals surface area contributed by atoms with Crippen molar-refractivity contribution in [2.24, 2.45) is 22.9 Å². The first-order valence-electron chi connectivity index (χ1n) is 11.0. The quantitative estimate of drug-likeness (QED) is 0.416. The first-order chi connectivity index (χ1) is 15.3. The van der Waals surface area contributed by atoms with Crippen LogP contribution in [-0.2, 0) is 6.54 Å². The Morgan fingerprint density at radius 1 is 0.875 bits per heavy atom. The van der Waals surface area contributed by atoms with Crippen molar-refractivity contribution in [1.29, 1.82) is 0 Å². The normalized spacial score (nSPS) is 26.3. The van der Waals surface area contributed by atoms with Crippen molar-refractivity contribution in [3.63, 3.8) is 0 Å². The van der Waals surface area contributed by atoms with Crippen molar-refractivity contribution in [1.82, 2.24) is 15.0 Å². The zero-order chi connectivity index (χ0) is 22.8. The van der Waals surface area contributed by atoms with E-state index in [2.05, 4.69) is 15.3 Å². The summed E-state index contributed by atoms with van der Waals surface area (Å²) < 4.78 is 0. The highest BCUT2D eigenvalue weighted by molar-refractivity contribution is 6.31. The third-order valence-electron chi connectivity index (χ3n) is 6.02. The number of hydrogen-bond donors (Lipinski definition) is 5. The van der Waals surface area contributed by atoms with E-state index in [0.29, 0.717) is 50.6 Å². The van der Waals surface area contributed by atoms with Gasteiger partial charge >= 0.3 is 0 Å². The summed E-state index contributed by atoms with van der Waals surface area (Å²) in [5.74, 6) is 1.59. The van der Waals surface area contributed by atoms with E-state index in [4.69, 9.17) is 39.5 Å². The van der Waals surface area contributed by atoms with Gasteiger partial charge in [0.1, 0.15) is 0 Å². The SMILES string of the molecule is Cc1c(Cl)cccc1CNc1nc(N2C[C@H](N)C[C@H](N)C2)nc(N2C[C@H](N)C[C@H](N)C2)n1. The van der Waals surface area contributed by atoms with E-state index in [9.17, 15) is 0 Å². The van der Waals surface area contributed by atoms with Crippen LogP contribution in [0.3, 0.4) is 0 Å². The summed E-state index contributed by atoms with van der Waals surface area (Å²) in [6.07, 6.45) is 1.56. The van der Waals surface area contributed by atoms with Gasteiger partial charge in [-0.2, -0.15) is 15.0 Å². The molecule has 0 bridgehead atoms. The molecule has 0 aliphatic carbocycles. The average molecular weight is 461 g/mol. The van der Waals surface area contributed by atoms with E-state index in [1.54, 1.807) is 0 Å². The average Bonchev–Trinajstić information content (AvgIpc) is 2.73. The molecule has 2 aromatic rings. The molecule has 0 radical (unpaired) electrons. The second-order valence-corrected chi connectivity index (χ2v) is 9.37. The van der Waals surface area contributed by atoms with Gasteiger partial charge in [0.15, 0.2) is 0 Å². The lowest BCUT2D eigenvalue weighted by molar-refractivity contribution is 0.441. The molecule has 32 heavy (non-hydrogen) atoms. The topological polar surface area (TPSA) is 161 Å². The van der Waals surface area contributed by atoms with Crippen LogP contribution in [-0.4, -0.2) is 65.3 Å². The molecule has 0 saturated carbocycles. The number of rotatable bonds is 5. The van der Waals surface area contributed by atoms with Crippen LogP contribution >= 0.6 is 11.6 Å². The minimum atomic E-state index is -0.0266. The van der Waals surface area contributed by atoms with E-state index in [1.807, 2.05) is 34.9 Å². The van der Waals surface area contributed by atoms with Crippen LogP contribution in [0.2, 0.25) is 5.02 Å². The maximum absolute atomic E-state index is 6.27. The number of piperidine rings is 2. The van der Waals surface area contributed by atoms with Crippen LogP contribution in [0.15, 0.2) is 18.2 Å². The first kappa shape index (κ1) is 22.9. The van der Waals surface area contributed by atoms with Crippen molar-refractivity contribution in [3.05, 3.63) is 34.3 Å². The molecule has 1 aromatic heterocycles. The number of benzene rings is 1. The fourth-order valence-corrected chi connectivity index (χ4v) is 4.61. The summed E-state index contributed by atoms with van der Waals surface area (Å²) in [5, 5.41) is 4.06. The summed E-state index contributed by atoms with van der Waals surface area (Å²) in [6.45, 7) is 5.10. The van der Waals surface area contributed by atoms with Gasteiger partial charge in [0.25, 0.3) is 0 Å². The van der Waals surface area contributed by atoms with Crippen molar-refractivity contribution < 1.29 is 0 Å². The van der Waals surface area contributed by atoms with Crippen LogP contribution in [0, 0.1) is 6.92 Å². The highest BCUT2D eigenvalue weighted by Crippen LogP contribution is 2.23. The molecule has 3 heterocycles. The largest absolute Gasteiger partial charge is 0.350 e. The van der Waals surface area contributed by atoms with Gasteiger partial charge in [-0.05, 0) is 37.0 Å². The molecule has 4 atom stereocenters. The molecule has 0 unspecified atom stereocenters. The maximum atomic E-state index is 6.27. The minimum Gasteiger partial charge on any atom is -0.350 e. The zero-order valence-electron chi connectivity index (χ0n) is 18.4. The minimum absolute atomic E-state index is 0.0266. The van der Waals surface area contributed by atoms with Crippen molar-refractivity contribution in [2.75, 3.05) is 41.3 Å². The Kier molecular flexibility index (Phi) is 6.96. The van der Waals surface area contributed by atoms with Crippen LogP contribution in [0.1, 0.15) is 24.0 Å². The van der Waals surface area contributed by atoms with E-state index in [1.165, 1.54) is 0 Å². The molecule has 9 N–H and O–H groups in total. The van der Waals surface area contributed by atoms with Gasteiger partial charge in [-0.15, -0.1) is 0 Å². The van der Waals surface area contributed by atoms with Crippen LogP contribution in [0.25, 0.3) is 0 Å². The highest BCUT2D eigenvalue weighted by atomic mass is 35.5. The van der Waals surface area contributed by atoms with Crippen LogP contribution in [0.4, 0.5) is 17.8 Å². The molecular formula is C21H33ClN10. The standard InChI is InChI=1S/C21H33ClN10/c1-12-13(3-2-4-18(12)22)7-27-19-28-20(31-8-14(23)5-15(24)9-31)30-21(29-19)32-10-16(25)6-17(26)11-32/h2-4,14-17H,5-11,23-26H2,1H3,(H,27,28,29,30)/t14-,15+,16-,17+. The molecule has 2 fully saturated rings. The van der Waals surface area contributed by atoms with E-state index in [0.717, 1.165) is 29.0 Å². The molecule has 2 aliphatic heterocycles. The number of aromatic nitrogens is 3. The third-order valence-corrected chi connectivity index (χ3v) is 6.43. The number of anilines is 3. The van der Waals surface area contributed by atoms with Gasteiger partial charge in [-0.25, -0.2) is 0 Å². The molecule has 174 valence electrons. The van der Waals surface area contributed by atoms with E-state index >= 15 is 0 Å². The molecular weight excluding hydrogens is 428 g/mol. The zero-order valence-corrected chi connectivity index (χ0v) is 19.2.